The molecule has 0 saturated carbocycles. The number of aryl methyl sites for hydroxylation is 1. The number of rotatable bonds is 2. The molecule has 3 rings (SSSR count). The number of aromatic nitrogens is 2. The Labute approximate surface area is 141 Å². The maximum absolute atomic E-state index is 6.31. The van der Waals surface area contributed by atoms with Crippen molar-refractivity contribution in [3.05, 3.63) is 57.3 Å². The fourth-order valence-corrected chi connectivity index (χ4v) is 2.94. The first-order valence-electron chi connectivity index (χ1n) is 6.56. The van der Waals surface area contributed by atoms with Crippen molar-refractivity contribution >= 4 is 50.2 Å². The minimum Gasteiger partial charge on any atom is -0.295 e. The number of alkyl halides is 1. The lowest BCUT2D eigenvalue weighted by Gasteiger charge is -2.12. The van der Waals surface area contributed by atoms with Crippen molar-refractivity contribution < 1.29 is 0 Å². The fraction of sp³-hybridized carbons (Fsp3) is 0.188. The molecule has 5 heteroatoms. The van der Waals surface area contributed by atoms with Crippen LogP contribution in [0.5, 0.6) is 0 Å². The Kier molecular flexibility index (Phi) is 4.00. The van der Waals surface area contributed by atoms with Crippen molar-refractivity contribution in [2.45, 2.75) is 19.2 Å². The minimum absolute atomic E-state index is 0.194. The van der Waals surface area contributed by atoms with Crippen LogP contribution in [0.25, 0.3) is 16.7 Å². The lowest BCUT2D eigenvalue weighted by atomic mass is 10.2. The summed E-state index contributed by atoms with van der Waals surface area (Å²) in [6, 6.07) is 11.9. The van der Waals surface area contributed by atoms with Gasteiger partial charge in [0, 0.05) is 15.2 Å². The van der Waals surface area contributed by atoms with E-state index in [1.807, 2.05) is 31.2 Å². The van der Waals surface area contributed by atoms with Gasteiger partial charge in [-0.1, -0.05) is 27.5 Å². The fourth-order valence-electron chi connectivity index (χ4n) is 2.38. The Morgan fingerprint density at radius 1 is 1.19 bits per heavy atom. The summed E-state index contributed by atoms with van der Waals surface area (Å²) < 4.78 is 3.17. The smallest absolute Gasteiger partial charge is 0.132 e. The summed E-state index contributed by atoms with van der Waals surface area (Å²) in [5.41, 5.74) is 4.06. The topological polar surface area (TPSA) is 17.8 Å². The van der Waals surface area contributed by atoms with Gasteiger partial charge in [0.05, 0.1) is 16.4 Å². The number of halogens is 3. The lowest BCUT2D eigenvalue weighted by Crippen LogP contribution is -2.02. The molecule has 0 bridgehead atoms. The first-order valence-corrected chi connectivity index (χ1v) is 8.16. The molecule has 1 aromatic heterocycles. The SMILES string of the molecule is Cc1cc(-n2c(C(C)Cl)nc3cc(Cl)ccc32)ccc1Br. The molecule has 21 heavy (non-hydrogen) atoms. The highest BCUT2D eigenvalue weighted by Crippen LogP contribution is 2.30. The van der Waals surface area contributed by atoms with E-state index in [2.05, 4.69) is 44.5 Å². The summed E-state index contributed by atoms with van der Waals surface area (Å²) in [5, 5.41) is 0.480. The molecule has 0 aliphatic carbocycles. The van der Waals surface area contributed by atoms with Crippen LogP contribution in [0.4, 0.5) is 0 Å². The second-order valence-corrected chi connectivity index (χ2v) is 6.93. The molecule has 0 aliphatic rings. The molecule has 2 aromatic carbocycles. The Morgan fingerprint density at radius 2 is 1.95 bits per heavy atom. The van der Waals surface area contributed by atoms with E-state index in [0.717, 1.165) is 32.6 Å². The van der Waals surface area contributed by atoms with Crippen molar-refractivity contribution in [3.63, 3.8) is 0 Å². The molecule has 0 amide bonds. The second kappa shape index (κ2) is 5.64. The summed E-state index contributed by atoms with van der Waals surface area (Å²) in [4.78, 5) is 4.64. The molecule has 2 nitrogen and oxygen atoms in total. The Morgan fingerprint density at radius 3 is 2.62 bits per heavy atom. The third-order valence-electron chi connectivity index (χ3n) is 3.40. The first-order chi connectivity index (χ1) is 9.97. The number of benzene rings is 2. The molecule has 1 unspecified atom stereocenters. The lowest BCUT2D eigenvalue weighted by molar-refractivity contribution is 0.881. The van der Waals surface area contributed by atoms with E-state index in [1.165, 1.54) is 0 Å². The number of nitrogens with zero attached hydrogens (tertiary/aromatic N) is 2. The minimum atomic E-state index is -0.194. The van der Waals surface area contributed by atoms with Gasteiger partial charge in [-0.05, 0) is 55.8 Å². The predicted molar refractivity (Wildman–Crippen MR) is 92.8 cm³/mol. The number of fused-ring (bicyclic) bond motifs is 1. The highest BCUT2D eigenvalue weighted by atomic mass is 79.9. The Hall–Kier alpha value is -1.03. The van der Waals surface area contributed by atoms with E-state index in [0.29, 0.717) is 5.02 Å². The van der Waals surface area contributed by atoms with Gasteiger partial charge in [0.15, 0.2) is 0 Å². The summed E-state index contributed by atoms with van der Waals surface area (Å²) >= 11 is 15.9. The maximum atomic E-state index is 6.31. The van der Waals surface area contributed by atoms with Gasteiger partial charge >= 0.3 is 0 Å². The monoisotopic (exact) mass is 382 g/mol. The average molecular weight is 384 g/mol. The van der Waals surface area contributed by atoms with Crippen LogP contribution in [0, 0.1) is 6.92 Å². The van der Waals surface area contributed by atoms with Crippen LogP contribution in [-0.4, -0.2) is 9.55 Å². The highest BCUT2D eigenvalue weighted by molar-refractivity contribution is 9.10. The van der Waals surface area contributed by atoms with Gasteiger partial charge in [-0.3, -0.25) is 4.57 Å². The molecule has 3 aromatic rings. The van der Waals surface area contributed by atoms with Crippen LogP contribution in [0.3, 0.4) is 0 Å². The van der Waals surface area contributed by atoms with Crippen LogP contribution in [0.15, 0.2) is 40.9 Å². The van der Waals surface area contributed by atoms with Crippen molar-refractivity contribution in [1.29, 1.82) is 0 Å². The van der Waals surface area contributed by atoms with E-state index in [1.54, 1.807) is 0 Å². The van der Waals surface area contributed by atoms with Crippen LogP contribution in [0.1, 0.15) is 23.7 Å². The van der Waals surface area contributed by atoms with Gasteiger partial charge < -0.3 is 0 Å². The molecule has 0 saturated heterocycles. The zero-order valence-corrected chi connectivity index (χ0v) is 14.7. The number of hydrogen-bond donors (Lipinski definition) is 0. The second-order valence-electron chi connectivity index (χ2n) is 4.99. The largest absolute Gasteiger partial charge is 0.295 e. The van der Waals surface area contributed by atoms with Crippen LogP contribution in [-0.2, 0) is 0 Å². The van der Waals surface area contributed by atoms with Gasteiger partial charge in [0.2, 0.25) is 0 Å². The molecule has 0 aliphatic heterocycles. The van der Waals surface area contributed by atoms with Crippen molar-refractivity contribution in [3.8, 4) is 5.69 Å². The zero-order chi connectivity index (χ0) is 15.1. The molecule has 0 radical (unpaired) electrons. The molecule has 1 heterocycles. The van der Waals surface area contributed by atoms with E-state index in [-0.39, 0.29) is 5.38 Å². The van der Waals surface area contributed by atoms with Crippen LogP contribution in [0.2, 0.25) is 5.02 Å². The van der Waals surface area contributed by atoms with Crippen molar-refractivity contribution in [2.75, 3.05) is 0 Å². The predicted octanol–water partition coefficient (Wildman–Crippen LogP) is 6.05. The number of imidazole rings is 1. The van der Waals surface area contributed by atoms with Gasteiger partial charge in [-0.25, -0.2) is 4.98 Å². The molecular formula is C16H13BrCl2N2. The van der Waals surface area contributed by atoms with Crippen molar-refractivity contribution in [2.24, 2.45) is 0 Å². The van der Waals surface area contributed by atoms with Crippen LogP contribution >= 0.6 is 39.1 Å². The Balaban J connectivity index is 2.33. The summed E-state index contributed by atoms with van der Waals surface area (Å²) in [6.07, 6.45) is 0. The van der Waals surface area contributed by atoms with Gasteiger partial charge in [-0.2, -0.15) is 0 Å². The third-order valence-corrected chi connectivity index (χ3v) is 4.72. The third kappa shape index (κ3) is 2.70. The molecule has 108 valence electrons. The first kappa shape index (κ1) is 14.9. The zero-order valence-electron chi connectivity index (χ0n) is 11.6. The number of hydrogen-bond acceptors (Lipinski definition) is 1. The average Bonchev–Trinajstić information content (AvgIpc) is 2.80. The molecule has 0 fully saturated rings. The van der Waals surface area contributed by atoms with E-state index in [4.69, 9.17) is 23.2 Å². The molecular weight excluding hydrogens is 371 g/mol. The van der Waals surface area contributed by atoms with Gasteiger partial charge in [0.25, 0.3) is 0 Å². The van der Waals surface area contributed by atoms with E-state index < -0.39 is 0 Å². The van der Waals surface area contributed by atoms with Crippen molar-refractivity contribution in [1.82, 2.24) is 9.55 Å². The van der Waals surface area contributed by atoms with E-state index in [9.17, 15) is 0 Å². The maximum Gasteiger partial charge on any atom is 0.132 e. The highest BCUT2D eigenvalue weighted by Gasteiger charge is 2.16. The molecule has 1 atom stereocenters. The van der Waals surface area contributed by atoms with Gasteiger partial charge in [-0.15, -0.1) is 11.6 Å². The van der Waals surface area contributed by atoms with Crippen LogP contribution < -0.4 is 0 Å². The normalized spacial score (nSPS) is 12.8. The Bertz CT molecular complexity index is 825. The quantitative estimate of drug-likeness (QED) is 0.492. The van der Waals surface area contributed by atoms with Gasteiger partial charge in [0.1, 0.15) is 5.82 Å². The molecule has 0 spiro atoms. The summed E-state index contributed by atoms with van der Waals surface area (Å²) in [7, 11) is 0. The summed E-state index contributed by atoms with van der Waals surface area (Å²) in [6.45, 7) is 3.99. The van der Waals surface area contributed by atoms with E-state index >= 15 is 0 Å². The summed E-state index contributed by atoms with van der Waals surface area (Å²) in [5.74, 6) is 0.815. The molecule has 0 N–H and O–H groups in total. The standard InChI is InChI=1S/C16H13BrCl2N2/c1-9-7-12(4-5-13(9)17)21-15-6-3-11(19)8-14(15)20-16(21)10(2)18/h3-8,10H,1-2H3.